The topological polar surface area (TPSA) is 105 Å². The Morgan fingerprint density at radius 1 is 1.10 bits per heavy atom. The van der Waals surface area contributed by atoms with E-state index in [0.717, 1.165) is 4.47 Å². The van der Waals surface area contributed by atoms with Gasteiger partial charge in [-0.1, -0.05) is 33.3 Å². The van der Waals surface area contributed by atoms with Gasteiger partial charge >= 0.3 is 11.9 Å². The van der Waals surface area contributed by atoms with Crippen molar-refractivity contribution in [2.75, 3.05) is 14.2 Å². The first-order valence-electron chi connectivity index (χ1n) is 12.0. The number of hydrogen-bond donors (Lipinski definition) is 0. The fourth-order valence-electron chi connectivity index (χ4n) is 4.25. The summed E-state index contributed by atoms with van der Waals surface area (Å²) in [5.41, 5.74) is 1.63. The first-order valence-corrected chi connectivity index (χ1v) is 13.6. The third-order valence-electron chi connectivity index (χ3n) is 5.80. The van der Waals surface area contributed by atoms with E-state index >= 15 is 0 Å². The van der Waals surface area contributed by atoms with Crippen molar-refractivity contribution in [3.63, 3.8) is 0 Å². The van der Waals surface area contributed by atoms with Gasteiger partial charge in [-0.2, -0.15) is 0 Å². The summed E-state index contributed by atoms with van der Waals surface area (Å²) >= 11 is 4.71. The summed E-state index contributed by atoms with van der Waals surface area (Å²) < 4.78 is 24.4. The van der Waals surface area contributed by atoms with Crippen molar-refractivity contribution in [3.8, 4) is 17.2 Å². The third-order valence-corrected chi connectivity index (χ3v) is 7.27. The highest BCUT2D eigenvalue weighted by Gasteiger charge is 2.35. The lowest BCUT2D eigenvalue weighted by molar-refractivity contribution is -0.136. The van der Waals surface area contributed by atoms with Gasteiger partial charge in [0.05, 0.1) is 36.1 Å². The van der Waals surface area contributed by atoms with Crippen LogP contribution in [0.5, 0.6) is 17.2 Å². The van der Waals surface area contributed by atoms with E-state index in [9.17, 15) is 14.4 Å². The van der Waals surface area contributed by atoms with Crippen LogP contribution in [0.3, 0.4) is 0 Å². The van der Waals surface area contributed by atoms with E-state index in [1.165, 1.54) is 37.0 Å². The highest BCUT2D eigenvalue weighted by atomic mass is 79.9. The Morgan fingerprint density at radius 2 is 1.82 bits per heavy atom. The van der Waals surface area contributed by atoms with Crippen LogP contribution in [-0.4, -0.2) is 36.8 Å². The van der Waals surface area contributed by atoms with Gasteiger partial charge < -0.3 is 18.9 Å². The minimum atomic E-state index is -0.831. The summed E-state index contributed by atoms with van der Waals surface area (Å²) in [6.45, 7) is 6.83. The molecule has 1 aromatic heterocycles. The molecule has 3 aromatic rings. The lowest BCUT2D eigenvalue weighted by Gasteiger charge is -2.26. The molecule has 1 atom stereocenters. The number of hydrogen-bond acceptors (Lipinski definition) is 9. The molecule has 0 fully saturated rings. The van der Waals surface area contributed by atoms with Gasteiger partial charge in [0.1, 0.15) is 11.8 Å². The first-order chi connectivity index (χ1) is 18.5. The van der Waals surface area contributed by atoms with E-state index in [0.29, 0.717) is 37.7 Å². The molecule has 0 saturated heterocycles. The van der Waals surface area contributed by atoms with Gasteiger partial charge in [0.15, 0.2) is 16.3 Å². The number of methoxy groups -OCH3 is 2. The maximum atomic E-state index is 13.9. The average molecular weight is 616 g/mol. The van der Waals surface area contributed by atoms with Crippen molar-refractivity contribution >= 4 is 45.3 Å². The zero-order valence-corrected chi connectivity index (χ0v) is 24.6. The van der Waals surface area contributed by atoms with Crippen molar-refractivity contribution < 1.29 is 28.5 Å². The quantitative estimate of drug-likeness (QED) is 0.294. The number of carbonyl (C=O) groups is 2. The van der Waals surface area contributed by atoms with Gasteiger partial charge in [0, 0.05) is 17.0 Å². The minimum absolute atomic E-state index is 0.141. The zero-order chi connectivity index (χ0) is 28.4. The molecule has 9 nitrogen and oxygen atoms in total. The molecule has 0 spiro atoms. The van der Waals surface area contributed by atoms with Crippen LogP contribution in [0, 0.1) is 0 Å². The second kappa shape index (κ2) is 11.6. The first kappa shape index (κ1) is 28.3. The number of ether oxygens (including phenoxy) is 4. The van der Waals surface area contributed by atoms with Gasteiger partial charge in [0.2, 0.25) is 0 Å². The van der Waals surface area contributed by atoms with Gasteiger partial charge in [-0.3, -0.25) is 14.2 Å². The molecule has 0 unspecified atom stereocenters. The molecular weight excluding hydrogens is 588 g/mol. The predicted octanol–water partition coefficient (Wildman–Crippen LogP) is 3.89. The number of nitrogens with zero attached hydrogens (tertiary/aromatic N) is 2. The standard InChI is InChI=1S/C28H27BrN2O7S/c1-14(2)37-20-10-8-18(29)13-19(20)25-24(27(34)36-6)15(3)30-28-31(25)26(33)23(39-28)12-17-7-9-21(38-16(4)32)22(11-17)35-5/h7-14,25H,1-6H3/b23-12-/t25-/m0/s1. The summed E-state index contributed by atoms with van der Waals surface area (Å²) in [6, 6.07) is 9.63. The molecule has 0 bridgehead atoms. The number of fused-ring (bicyclic) bond motifs is 1. The van der Waals surface area contributed by atoms with Crippen LogP contribution in [-0.2, 0) is 14.3 Å². The molecule has 0 amide bonds. The molecule has 1 aliphatic heterocycles. The second-order valence-electron chi connectivity index (χ2n) is 8.93. The van der Waals surface area contributed by atoms with Crippen molar-refractivity contribution in [1.82, 2.24) is 4.57 Å². The Bertz CT molecular complexity index is 1670. The van der Waals surface area contributed by atoms with Crippen molar-refractivity contribution in [2.24, 2.45) is 4.99 Å². The maximum Gasteiger partial charge on any atom is 0.338 e. The Kier molecular flexibility index (Phi) is 8.41. The number of thiazole rings is 1. The number of benzene rings is 2. The third kappa shape index (κ3) is 5.84. The van der Waals surface area contributed by atoms with Crippen molar-refractivity contribution in [2.45, 2.75) is 39.8 Å². The molecule has 2 aromatic carbocycles. The van der Waals surface area contributed by atoms with E-state index < -0.39 is 18.0 Å². The predicted molar refractivity (Wildman–Crippen MR) is 150 cm³/mol. The van der Waals surface area contributed by atoms with Gasteiger partial charge in [-0.15, -0.1) is 0 Å². The number of aromatic nitrogens is 1. The molecule has 2 heterocycles. The van der Waals surface area contributed by atoms with Gasteiger partial charge in [0.25, 0.3) is 5.56 Å². The Labute approximate surface area is 237 Å². The largest absolute Gasteiger partial charge is 0.493 e. The van der Waals surface area contributed by atoms with Crippen LogP contribution in [0.1, 0.15) is 44.9 Å². The Hall–Kier alpha value is -3.70. The number of carbonyl (C=O) groups excluding carboxylic acids is 2. The molecule has 39 heavy (non-hydrogen) atoms. The zero-order valence-electron chi connectivity index (χ0n) is 22.2. The summed E-state index contributed by atoms with van der Waals surface area (Å²) in [5.74, 6) is 0.0957. The Morgan fingerprint density at radius 3 is 2.46 bits per heavy atom. The Balaban J connectivity index is 1.95. The molecule has 0 saturated carbocycles. The molecule has 0 aliphatic carbocycles. The van der Waals surface area contributed by atoms with E-state index in [4.69, 9.17) is 18.9 Å². The normalized spacial score (nSPS) is 15.1. The summed E-state index contributed by atoms with van der Waals surface area (Å²) in [5, 5.41) is 0. The number of esters is 2. The summed E-state index contributed by atoms with van der Waals surface area (Å²) in [7, 11) is 2.76. The van der Waals surface area contributed by atoms with Crippen LogP contribution in [0.2, 0.25) is 0 Å². The van der Waals surface area contributed by atoms with Crippen molar-refractivity contribution in [3.05, 3.63) is 83.0 Å². The van der Waals surface area contributed by atoms with Crippen molar-refractivity contribution in [1.29, 1.82) is 0 Å². The number of rotatable bonds is 7. The molecular formula is C28H27BrN2O7S. The van der Waals surface area contributed by atoms with Crippen LogP contribution >= 0.6 is 27.3 Å². The summed E-state index contributed by atoms with van der Waals surface area (Å²) in [4.78, 5) is 43.3. The molecule has 0 radical (unpaired) electrons. The molecule has 4 rings (SSSR count). The maximum absolute atomic E-state index is 13.9. The molecule has 11 heteroatoms. The van der Waals surface area contributed by atoms with Crippen LogP contribution < -0.4 is 29.1 Å². The van der Waals surface area contributed by atoms with E-state index in [1.807, 2.05) is 26.0 Å². The van der Waals surface area contributed by atoms with Crippen LogP contribution in [0.4, 0.5) is 0 Å². The van der Waals surface area contributed by atoms with Gasteiger partial charge in [-0.05, 0) is 62.7 Å². The monoisotopic (exact) mass is 614 g/mol. The average Bonchev–Trinajstić information content (AvgIpc) is 3.18. The van der Waals surface area contributed by atoms with Crippen LogP contribution in [0.25, 0.3) is 6.08 Å². The fourth-order valence-corrected chi connectivity index (χ4v) is 5.67. The number of halogens is 1. The molecule has 1 aliphatic rings. The van der Waals surface area contributed by atoms with Gasteiger partial charge in [-0.25, -0.2) is 9.79 Å². The lowest BCUT2D eigenvalue weighted by Crippen LogP contribution is -2.40. The van der Waals surface area contributed by atoms with E-state index in [-0.39, 0.29) is 23.0 Å². The number of allylic oxidation sites excluding steroid dienone is 1. The van der Waals surface area contributed by atoms with E-state index in [2.05, 4.69) is 20.9 Å². The highest BCUT2D eigenvalue weighted by Crippen LogP contribution is 2.38. The fraction of sp³-hybridized carbons (Fsp3) is 0.286. The summed E-state index contributed by atoms with van der Waals surface area (Å²) in [6.07, 6.45) is 1.56. The van der Waals surface area contributed by atoms with Crippen LogP contribution in [0.15, 0.2) is 61.9 Å². The molecule has 204 valence electrons. The second-order valence-corrected chi connectivity index (χ2v) is 10.9. The lowest BCUT2D eigenvalue weighted by atomic mass is 9.95. The smallest absolute Gasteiger partial charge is 0.338 e. The van der Waals surface area contributed by atoms with E-state index in [1.54, 1.807) is 37.3 Å². The minimum Gasteiger partial charge on any atom is -0.493 e. The highest BCUT2D eigenvalue weighted by molar-refractivity contribution is 9.10. The molecule has 0 N–H and O–H groups in total. The SMILES string of the molecule is COC(=O)C1=C(C)N=c2s/c(=C\c3ccc(OC(C)=O)c(OC)c3)c(=O)n2[C@H]1c1cc(Br)ccc1OC(C)C.